The van der Waals surface area contributed by atoms with Crippen molar-refractivity contribution in [2.45, 2.75) is 31.6 Å². The average Bonchev–Trinajstić information content (AvgIpc) is 3.48. The molecule has 234 valence electrons. The van der Waals surface area contributed by atoms with Crippen molar-refractivity contribution in [1.29, 1.82) is 0 Å². The van der Waals surface area contributed by atoms with Crippen molar-refractivity contribution in [2.24, 2.45) is 0 Å². The fourth-order valence-corrected chi connectivity index (χ4v) is 5.29. The summed E-state index contributed by atoms with van der Waals surface area (Å²) in [4.78, 5) is 31.1. The lowest BCUT2D eigenvalue weighted by molar-refractivity contribution is -0.137. The van der Waals surface area contributed by atoms with Gasteiger partial charge < -0.3 is 25.2 Å². The second-order valence-corrected chi connectivity index (χ2v) is 10.7. The third-order valence-corrected chi connectivity index (χ3v) is 7.74. The minimum absolute atomic E-state index is 0.112. The van der Waals surface area contributed by atoms with Gasteiger partial charge in [0.15, 0.2) is 5.82 Å². The topological polar surface area (TPSA) is 95.1 Å². The molecule has 2 aromatic carbocycles. The molecule has 2 unspecified atom stereocenters. The van der Waals surface area contributed by atoms with Gasteiger partial charge in [0.25, 0.3) is 0 Å². The number of alkyl halides is 3. The Morgan fingerprint density at radius 1 is 1.14 bits per heavy atom. The lowest BCUT2D eigenvalue weighted by Gasteiger charge is -2.40. The highest BCUT2D eigenvalue weighted by Gasteiger charge is 2.35. The average molecular weight is 616 g/mol. The Bertz CT molecular complexity index is 1540. The molecule has 2 aliphatic heterocycles. The van der Waals surface area contributed by atoms with Crippen molar-refractivity contribution in [3.05, 3.63) is 72.3 Å². The van der Waals surface area contributed by atoms with Crippen molar-refractivity contribution < 1.29 is 31.9 Å². The van der Waals surface area contributed by atoms with Crippen molar-refractivity contribution in [1.82, 2.24) is 14.9 Å². The van der Waals surface area contributed by atoms with Crippen LogP contribution in [0.3, 0.4) is 0 Å². The van der Waals surface area contributed by atoms with E-state index in [1.54, 1.807) is 12.1 Å². The number of amides is 1. The number of aromatic nitrogens is 2. The number of piperazine rings is 1. The fourth-order valence-electron chi connectivity index (χ4n) is 5.29. The summed E-state index contributed by atoms with van der Waals surface area (Å²) >= 11 is 0. The number of hydrogen-bond donors (Lipinski definition) is 2. The van der Waals surface area contributed by atoms with Crippen molar-refractivity contribution in [3.8, 4) is 5.75 Å². The molecule has 0 spiro atoms. The number of halogens is 4. The molecule has 0 saturated carbocycles. The number of ether oxygens (including phenoxy) is 1. The summed E-state index contributed by atoms with van der Waals surface area (Å²) in [7, 11) is 3.60. The molecule has 2 aliphatic rings. The summed E-state index contributed by atoms with van der Waals surface area (Å²) in [6.07, 6.45) is -1.92. The van der Waals surface area contributed by atoms with Crippen LogP contribution < -0.4 is 25.3 Å². The normalized spacial score (nSPS) is 19.2. The number of nitrogens with one attached hydrogen (secondary N) is 2. The lowest BCUT2D eigenvalue weighted by Crippen LogP contribution is -2.50. The molecule has 2 fully saturated rings. The van der Waals surface area contributed by atoms with Gasteiger partial charge in [-0.15, -0.1) is 0 Å². The molecular weight excluding hydrogens is 582 g/mol. The summed E-state index contributed by atoms with van der Waals surface area (Å²) in [6, 6.07) is 7.15. The molecular formula is C30H33F4N7O3. The van der Waals surface area contributed by atoms with Gasteiger partial charge in [0.2, 0.25) is 5.91 Å². The first-order valence-electron chi connectivity index (χ1n) is 14.0. The first kappa shape index (κ1) is 31.0. The van der Waals surface area contributed by atoms with E-state index < -0.39 is 23.6 Å². The van der Waals surface area contributed by atoms with E-state index >= 15 is 0 Å². The van der Waals surface area contributed by atoms with Gasteiger partial charge in [0.1, 0.15) is 23.7 Å². The number of benzene rings is 2. The third-order valence-electron chi connectivity index (χ3n) is 7.74. The van der Waals surface area contributed by atoms with Crippen LogP contribution in [0.4, 0.5) is 46.3 Å². The molecule has 10 nitrogen and oxygen atoms in total. The number of nitrogens with zero attached hydrogens (tertiary/aromatic N) is 5. The Balaban J connectivity index is 1.45. The Kier molecular flexibility index (Phi) is 8.92. The van der Waals surface area contributed by atoms with Crippen LogP contribution in [0.15, 0.2) is 55.4 Å². The van der Waals surface area contributed by atoms with E-state index in [2.05, 4.69) is 51.0 Å². The van der Waals surface area contributed by atoms with Gasteiger partial charge in [-0.3, -0.25) is 9.63 Å². The zero-order valence-electron chi connectivity index (χ0n) is 24.5. The predicted molar refractivity (Wildman–Crippen MR) is 159 cm³/mol. The first-order chi connectivity index (χ1) is 21.0. The van der Waals surface area contributed by atoms with E-state index in [1.165, 1.54) is 24.6 Å². The molecule has 1 aromatic heterocycles. The second kappa shape index (κ2) is 12.7. The van der Waals surface area contributed by atoms with Gasteiger partial charge in [-0.1, -0.05) is 6.58 Å². The first-order valence-corrected chi connectivity index (χ1v) is 14.0. The number of anilines is 5. The standard InChI is InChI=1S/C30H33F4N7O3/c1-5-29(42)38-22-13-23(26(43-4)14-25(22)40-8-7-39(3)18(2)16-40)37-27-15-28(36-17-35-27)41-24(6-9-44-41)19-10-20(30(32,33)34)12-21(31)11-19/h5,10-15,17-18,24H,1,6-9,16H2,2-4H3,(H,38,42)(H,35,36,37). The number of rotatable bonds is 8. The van der Waals surface area contributed by atoms with E-state index in [1.807, 2.05) is 6.07 Å². The van der Waals surface area contributed by atoms with E-state index in [4.69, 9.17) is 9.57 Å². The Morgan fingerprint density at radius 3 is 2.64 bits per heavy atom. The monoisotopic (exact) mass is 615 g/mol. The van der Waals surface area contributed by atoms with Crippen LogP contribution in [0.2, 0.25) is 0 Å². The van der Waals surface area contributed by atoms with Crippen molar-refractivity contribution >= 4 is 34.6 Å². The minimum Gasteiger partial charge on any atom is -0.494 e. The summed E-state index contributed by atoms with van der Waals surface area (Å²) in [5.74, 6) is -0.312. The Morgan fingerprint density at radius 2 is 1.93 bits per heavy atom. The maximum absolute atomic E-state index is 14.2. The predicted octanol–water partition coefficient (Wildman–Crippen LogP) is 5.53. The number of carbonyl (C=O) groups is 1. The van der Waals surface area contributed by atoms with Crippen LogP contribution in [0.25, 0.3) is 0 Å². The summed E-state index contributed by atoms with van der Waals surface area (Å²) in [5.41, 5.74) is 0.846. The third kappa shape index (κ3) is 6.70. The zero-order valence-corrected chi connectivity index (χ0v) is 24.5. The second-order valence-electron chi connectivity index (χ2n) is 10.7. The Labute approximate surface area is 252 Å². The number of hydroxylamine groups is 1. The molecule has 1 amide bonds. The maximum Gasteiger partial charge on any atom is 0.416 e. The number of carbonyl (C=O) groups excluding carboxylic acids is 1. The van der Waals surface area contributed by atoms with E-state index in [-0.39, 0.29) is 23.9 Å². The Hall–Kier alpha value is -4.43. The molecule has 5 rings (SSSR count). The quantitative estimate of drug-likeness (QED) is 0.251. The van der Waals surface area contributed by atoms with E-state index in [0.717, 1.165) is 37.5 Å². The molecule has 2 saturated heterocycles. The molecule has 0 aliphatic carbocycles. The van der Waals surface area contributed by atoms with Gasteiger partial charge in [0.05, 0.1) is 42.4 Å². The van der Waals surface area contributed by atoms with Gasteiger partial charge in [-0.2, -0.15) is 13.2 Å². The fraction of sp³-hybridized carbons (Fsp3) is 0.367. The highest BCUT2D eigenvalue weighted by Crippen LogP contribution is 2.41. The zero-order chi connectivity index (χ0) is 31.6. The SMILES string of the molecule is C=CC(=O)Nc1cc(Nc2cc(N3OCCC3c3cc(F)cc(C(F)(F)F)c3)ncn2)c(OC)cc1N1CCN(C)C(C)C1. The summed E-state index contributed by atoms with van der Waals surface area (Å²) < 4.78 is 60.0. The van der Waals surface area contributed by atoms with Crippen LogP contribution in [0.1, 0.15) is 30.5 Å². The van der Waals surface area contributed by atoms with Crippen LogP contribution in [0.5, 0.6) is 5.75 Å². The summed E-state index contributed by atoms with van der Waals surface area (Å²) in [5, 5.41) is 7.42. The molecule has 0 bridgehead atoms. The molecule has 2 N–H and O–H groups in total. The number of likely N-dealkylation sites (N-methyl/N-ethyl adjacent to an activating group) is 1. The molecule has 0 radical (unpaired) electrons. The van der Waals surface area contributed by atoms with E-state index in [9.17, 15) is 22.4 Å². The molecule has 44 heavy (non-hydrogen) atoms. The molecule has 2 atom stereocenters. The number of methoxy groups -OCH3 is 1. The van der Waals surface area contributed by atoms with Gasteiger partial charge in [0, 0.05) is 44.2 Å². The summed E-state index contributed by atoms with van der Waals surface area (Å²) in [6.45, 7) is 8.22. The van der Waals surface area contributed by atoms with Crippen LogP contribution >= 0.6 is 0 Å². The molecule has 3 heterocycles. The lowest BCUT2D eigenvalue weighted by atomic mass is 10.0. The molecule has 14 heteroatoms. The maximum atomic E-state index is 14.2. The van der Waals surface area contributed by atoms with Crippen LogP contribution in [-0.2, 0) is 15.8 Å². The van der Waals surface area contributed by atoms with Crippen molar-refractivity contribution in [3.63, 3.8) is 0 Å². The highest BCUT2D eigenvalue weighted by atomic mass is 19.4. The smallest absolute Gasteiger partial charge is 0.416 e. The molecule has 3 aromatic rings. The van der Waals surface area contributed by atoms with Gasteiger partial charge in [-0.25, -0.2) is 19.4 Å². The van der Waals surface area contributed by atoms with Gasteiger partial charge >= 0.3 is 6.18 Å². The van der Waals surface area contributed by atoms with Crippen LogP contribution in [-0.4, -0.2) is 67.2 Å². The van der Waals surface area contributed by atoms with Crippen molar-refractivity contribution in [2.75, 3.05) is 61.0 Å². The largest absolute Gasteiger partial charge is 0.494 e. The number of hydrogen-bond acceptors (Lipinski definition) is 9. The van der Waals surface area contributed by atoms with Gasteiger partial charge in [-0.05, 0) is 49.9 Å². The highest BCUT2D eigenvalue weighted by molar-refractivity contribution is 6.02. The van der Waals surface area contributed by atoms with E-state index in [0.29, 0.717) is 41.5 Å². The minimum atomic E-state index is -4.70. The van der Waals surface area contributed by atoms with Crippen LogP contribution in [0, 0.1) is 5.82 Å².